The van der Waals surface area contributed by atoms with E-state index >= 15 is 0 Å². The van der Waals surface area contributed by atoms with Gasteiger partial charge in [-0.1, -0.05) is 30.3 Å². The van der Waals surface area contributed by atoms with Crippen molar-refractivity contribution in [3.8, 4) is 5.75 Å². The molecule has 3 aromatic rings. The molecule has 9 heteroatoms. The van der Waals surface area contributed by atoms with Gasteiger partial charge in [0.15, 0.2) is 0 Å². The number of carbonyl (C=O) groups excluding carboxylic acids is 1. The average Bonchev–Trinajstić information content (AvgIpc) is 2.88. The van der Waals surface area contributed by atoms with E-state index in [2.05, 4.69) is 4.98 Å². The number of hydrogen-bond acceptors (Lipinski definition) is 6. The number of hydroxylamine groups is 1. The van der Waals surface area contributed by atoms with E-state index in [0.29, 0.717) is 23.9 Å². The van der Waals surface area contributed by atoms with E-state index in [1.54, 1.807) is 47.7 Å². The van der Waals surface area contributed by atoms with Crippen LogP contribution in [0.1, 0.15) is 16.8 Å². The molecular weight excluding hydrogens is 441 g/mol. The lowest BCUT2D eigenvalue weighted by Gasteiger charge is -2.39. The summed E-state index contributed by atoms with van der Waals surface area (Å²) in [5, 5.41) is 9.84. The van der Waals surface area contributed by atoms with Gasteiger partial charge in [0.2, 0.25) is 0 Å². The average molecular weight is 467 g/mol. The first-order valence-corrected chi connectivity index (χ1v) is 12.2. The van der Waals surface area contributed by atoms with Gasteiger partial charge in [0.1, 0.15) is 11.8 Å². The van der Waals surface area contributed by atoms with E-state index in [4.69, 9.17) is 9.26 Å². The van der Waals surface area contributed by atoms with E-state index in [0.717, 1.165) is 16.8 Å². The summed E-state index contributed by atoms with van der Waals surface area (Å²) in [7, 11) is -2.16. The van der Waals surface area contributed by atoms with Crippen LogP contribution >= 0.6 is 7.52 Å². The van der Waals surface area contributed by atoms with Crippen LogP contribution in [0.3, 0.4) is 0 Å². The van der Waals surface area contributed by atoms with Gasteiger partial charge in [-0.2, -0.15) is 0 Å². The largest absolute Gasteiger partial charge is 0.497 e. The topological polar surface area (TPSA) is 101 Å². The summed E-state index contributed by atoms with van der Waals surface area (Å²) in [5.74, 6) is -0.0148. The summed E-state index contributed by atoms with van der Waals surface area (Å²) >= 11 is 0. The number of nitrogens with zero attached hydrogens (tertiary/aromatic N) is 2. The Morgan fingerprint density at radius 3 is 2.52 bits per heavy atom. The Labute approximate surface area is 192 Å². The normalized spacial score (nSPS) is 17.6. The summed E-state index contributed by atoms with van der Waals surface area (Å²) in [6.07, 6.45) is 2.45. The van der Waals surface area contributed by atoms with Crippen LogP contribution in [0.2, 0.25) is 0 Å². The molecule has 33 heavy (non-hydrogen) atoms. The number of hydrogen-bond donors (Lipinski definition) is 2. The zero-order valence-corrected chi connectivity index (χ0v) is 19.2. The van der Waals surface area contributed by atoms with Gasteiger partial charge in [-0.05, 0) is 53.9 Å². The summed E-state index contributed by atoms with van der Waals surface area (Å²) in [6, 6.07) is 19.2. The van der Waals surface area contributed by atoms with Crippen LogP contribution in [-0.2, 0) is 33.3 Å². The molecule has 0 unspecified atom stereocenters. The molecule has 2 heterocycles. The van der Waals surface area contributed by atoms with Gasteiger partial charge in [-0.15, -0.1) is 0 Å². The molecule has 1 amide bonds. The van der Waals surface area contributed by atoms with Crippen LogP contribution in [-0.4, -0.2) is 40.5 Å². The second-order valence-electron chi connectivity index (χ2n) is 7.68. The Bertz CT molecular complexity index is 1140. The van der Waals surface area contributed by atoms with Gasteiger partial charge in [0, 0.05) is 24.9 Å². The van der Waals surface area contributed by atoms with E-state index in [-0.39, 0.29) is 13.2 Å². The zero-order chi connectivity index (χ0) is 23.3. The van der Waals surface area contributed by atoms with Crippen molar-refractivity contribution in [3.63, 3.8) is 0 Å². The lowest BCUT2D eigenvalue weighted by Crippen LogP contribution is -2.49. The Morgan fingerprint density at radius 2 is 1.85 bits per heavy atom. The minimum atomic E-state index is -3.72. The van der Waals surface area contributed by atoms with Gasteiger partial charge < -0.3 is 9.26 Å². The van der Waals surface area contributed by atoms with Gasteiger partial charge in [0.05, 0.1) is 19.0 Å². The molecule has 4 rings (SSSR count). The van der Waals surface area contributed by atoms with Crippen molar-refractivity contribution in [2.75, 3.05) is 13.7 Å². The number of rotatable bonds is 8. The van der Waals surface area contributed by atoms with Crippen LogP contribution < -0.4 is 15.5 Å². The summed E-state index contributed by atoms with van der Waals surface area (Å²) in [6.45, 7) is 0.382. The van der Waals surface area contributed by atoms with Crippen LogP contribution in [0, 0.1) is 0 Å². The Balaban J connectivity index is 1.71. The highest BCUT2D eigenvalue weighted by Crippen LogP contribution is 2.53. The van der Waals surface area contributed by atoms with Gasteiger partial charge in [-0.3, -0.25) is 19.6 Å². The Hall–Kier alpha value is -3.03. The fourth-order valence-corrected chi connectivity index (χ4v) is 6.33. The van der Waals surface area contributed by atoms with Crippen molar-refractivity contribution < 1.29 is 23.8 Å². The van der Waals surface area contributed by atoms with Gasteiger partial charge in [0.25, 0.3) is 5.91 Å². The maximum absolute atomic E-state index is 14.6. The fraction of sp³-hybridized carbons (Fsp3) is 0.250. The molecule has 0 fully saturated rings. The van der Waals surface area contributed by atoms with Crippen LogP contribution in [0.25, 0.3) is 0 Å². The highest BCUT2D eigenvalue weighted by molar-refractivity contribution is 7.64. The number of aromatic nitrogens is 1. The van der Waals surface area contributed by atoms with E-state index in [9.17, 15) is 14.6 Å². The van der Waals surface area contributed by atoms with Crippen molar-refractivity contribution in [2.24, 2.45) is 0 Å². The molecule has 2 N–H and O–H groups in total. The monoisotopic (exact) mass is 467 g/mol. The standard InChI is InChI=1S/C24H26N3O5P/c1-31-21-9-11-22(12-10-21)33(30,32-15-13-20-8-4-5-14-25-20)27-17-19-7-3-2-6-18(19)16-23(27)24(28)26-29/h2-12,14,23,29H,13,15-17H2,1H3,(H,26,28)/t23-,33-/m1/s1. The number of ether oxygens (including phenoxy) is 1. The number of benzene rings is 2. The lowest BCUT2D eigenvalue weighted by molar-refractivity contribution is -0.133. The molecule has 0 saturated carbocycles. The Kier molecular flexibility index (Phi) is 7.20. The molecule has 0 bridgehead atoms. The van der Waals surface area contributed by atoms with E-state index < -0.39 is 19.5 Å². The first kappa shape index (κ1) is 23.1. The summed E-state index contributed by atoms with van der Waals surface area (Å²) in [4.78, 5) is 16.9. The van der Waals surface area contributed by atoms with Crippen LogP contribution in [0.4, 0.5) is 0 Å². The molecule has 0 saturated heterocycles. The molecule has 2 atom stereocenters. The second kappa shape index (κ2) is 10.3. The molecule has 0 radical (unpaired) electrons. The zero-order valence-electron chi connectivity index (χ0n) is 18.3. The summed E-state index contributed by atoms with van der Waals surface area (Å²) in [5.41, 5.74) is 4.47. The highest BCUT2D eigenvalue weighted by Gasteiger charge is 2.44. The number of carbonyl (C=O) groups is 1. The van der Waals surface area contributed by atoms with Crippen molar-refractivity contribution in [2.45, 2.75) is 25.4 Å². The number of pyridine rings is 1. The van der Waals surface area contributed by atoms with E-state index in [1.807, 2.05) is 42.5 Å². The van der Waals surface area contributed by atoms with Crippen molar-refractivity contribution >= 4 is 18.7 Å². The third-order valence-electron chi connectivity index (χ3n) is 5.72. The molecule has 1 aromatic heterocycles. The third kappa shape index (κ3) is 4.99. The van der Waals surface area contributed by atoms with Crippen LogP contribution in [0.15, 0.2) is 72.9 Å². The highest BCUT2D eigenvalue weighted by atomic mass is 31.2. The number of amides is 1. The number of methoxy groups -OCH3 is 1. The molecule has 172 valence electrons. The van der Waals surface area contributed by atoms with Crippen molar-refractivity contribution in [1.29, 1.82) is 0 Å². The predicted octanol–water partition coefficient (Wildman–Crippen LogP) is 3.10. The van der Waals surface area contributed by atoms with Crippen molar-refractivity contribution in [1.82, 2.24) is 15.1 Å². The molecule has 8 nitrogen and oxygen atoms in total. The van der Waals surface area contributed by atoms with Gasteiger partial charge >= 0.3 is 7.52 Å². The lowest BCUT2D eigenvalue weighted by atomic mass is 9.95. The minimum Gasteiger partial charge on any atom is -0.497 e. The number of fused-ring (bicyclic) bond motifs is 1. The quantitative estimate of drug-likeness (QED) is 0.298. The SMILES string of the molecule is COc1ccc([P@@](=O)(OCCc2ccccn2)N2Cc3ccccc3C[C@@H]2C(=O)NO)cc1. The summed E-state index contributed by atoms with van der Waals surface area (Å²) < 4.78 is 27.5. The second-order valence-corrected chi connectivity index (χ2v) is 10.0. The first-order chi connectivity index (χ1) is 16.0. The van der Waals surface area contributed by atoms with Gasteiger partial charge in [-0.25, -0.2) is 10.2 Å². The molecule has 0 aliphatic carbocycles. The fourth-order valence-electron chi connectivity index (χ4n) is 3.98. The smallest absolute Gasteiger partial charge is 0.303 e. The number of nitrogens with one attached hydrogen (secondary N) is 1. The third-order valence-corrected chi connectivity index (χ3v) is 8.30. The molecule has 1 aliphatic heterocycles. The maximum Gasteiger partial charge on any atom is 0.303 e. The predicted molar refractivity (Wildman–Crippen MR) is 124 cm³/mol. The molecular formula is C24H26N3O5P. The molecule has 0 spiro atoms. The minimum absolute atomic E-state index is 0.145. The van der Waals surface area contributed by atoms with Crippen molar-refractivity contribution in [3.05, 3.63) is 89.7 Å². The van der Waals surface area contributed by atoms with E-state index in [1.165, 1.54) is 0 Å². The molecule has 2 aromatic carbocycles. The van der Waals surface area contributed by atoms with Crippen LogP contribution in [0.5, 0.6) is 5.75 Å². The first-order valence-electron chi connectivity index (χ1n) is 10.6. The Morgan fingerprint density at radius 1 is 1.12 bits per heavy atom. The molecule has 1 aliphatic rings. The maximum atomic E-state index is 14.6.